The summed E-state index contributed by atoms with van der Waals surface area (Å²) < 4.78 is 16.0. The lowest BCUT2D eigenvalue weighted by atomic mass is 10.2. The van der Waals surface area contributed by atoms with E-state index in [-0.39, 0.29) is 0 Å². The van der Waals surface area contributed by atoms with Crippen LogP contribution in [0, 0.1) is 6.92 Å². The number of hydrogen-bond donors (Lipinski definition) is 0. The molecule has 1 fully saturated rings. The molecule has 7 nitrogen and oxygen atoms in total. The number of aromatic nitrogens is 1. The molecule has 174 valence electrons. The summed E-state index contributed by atoms with van der Waals surface area (Å²) in [6.07, 6.45) is 0.377. The third-order valence-corrected chi connectivity index (χ3v) is 5.23. The lowest BCUT2D eigenvalue weighted by Gasteiger charge is -2.22. The van der Waals surface area contributed by atoms with E-state index in [1.807, 2.05) is 25.1 Å². The van der Waals surface area contributed by atoms with Gasteiger partial charge < -0.3 is 14.2 Å². The Labute approximate surface area is 191 Å². The summed E-state index contributed by atoms with van der Waals surface area (Å²) in [5.41, 5.74) is 2.70. The van der Waals surface area contributed by atoms with E-state index in [1.165, 1.54) is 0 Å². The smallest absolute Gasteiger partial charge is 0.493 e. The molecular weight excluding hydrogens is 406 g/mol. The van der Waals surface area contributed by atoms with Crippen LogP contribution in [0.25, 0.3) is 0 Å². The highest BCUT2D eigenvalue weighted by molar-refractivity contribution is 5.66. The first kappa shape index (κ1) is 24.0. The molecule has 0 aliphatic carbocycles. The summed E-state index contributed by atoms with van der Waals surface area (Å²) in [5, 5.41) is 0. The van der Waals surface area contributed by atoms with Gasteiger partial charge in [0.1, 0.15) is 5.60 Å². The van der Waals surface area contributed by atoms with Gasteiger partial charge in [0.2, 0.25) is 0 Å². The third kappa shape index (κ3) is 7.50. The van der Waals surface area contributed by atoms with Gasteiger partial charge in [-0.2, -0.15) is 0 Å². The first-order valence-corrected chi connectivity index (χ1v) is 11.2. The molecule has 0 unspecified atom stereocenters. The van der Waals surface area contributed by atoms with Crippen molar-refractivity contribution in [2.75, 3.05) is 33.3 Å². The molecule has 7 heteroatoms. The van der Waals surface area contributed by atoms with Crippen molar-refractivity contribution in [3.8, 4) is 11.5 Å². The summed E-state index contributed by atoms with van der Waals surface area (Å²) in [6.45, 7) is 13.2. The Hall–Kier alpha value is -2.64. The van der Waals surface area contributed by atoms with Gasteiger partial charge in [-0.05, 0) is 77.0 Å². The van der Waals surface area contributed by atoms with Crippen molar-refractivity contribution in [2.45, 2.75) is 52.8 Å². The highest BCUT2D eigenvalue weighted by Crippen LogP contribution is 2.29. The number of hydrogen-bond acceptors (Lipinski definition) is 7. The zero-order valence-corrected chi connectivity index (χ0v) is 19.9. The number of aryl methyl sites for hydroxylation is 1. The Morgan fingerprint density at radius 3 is 2.38 bits per heavy atom. The second-order valence-electron chi connectivity index (χ2n) is 9.23. The van der Waals surface area contributed by atoms with Crippen LogP contribution in [0.5, 0.6) is 11.5 Å². The SMILES string of the molecule is COc1cc(CN2CCCN(Cc3cccc(C)n3)CC2)ccc1OC(=O)OC(C)(C)C. The number of carbonyl (C=O) groups is 1. The summed E-state index contributed by atoms with van der Waals surface area (Å²) in [7, 11) is 1.57. The van der Waals surface area contributed by atoms with Crippen LogP contribution < -0.4 is 9.47 Å². The molecule has 2 heterocycles. The van der Waals surface area contributed by atoms with Crippen LogP contribution in [0.2, 0.25) is 0 Å². The van der Waals surface area contributed by atoms with Gasteiger partial charge in [-0.1, -0.05) is 12.1 Å². The lowest BCUT2D eigenvalue weighted by molar-refractivity contribution is 0.0201. The zero-order valence-electron chi connectivity index (χ0n) is 19.9. The van der Waals surface area contributed by atoms with Crippen molar-refractivity contribution >= 4 is 6.16 Å². The maximum atomic E-state index is 12.0. The summed E-state index contributed by atoms with van der Waals surface area (Å²) >= 11 is 0. The van der Waals surface area contributed by atoms with E-state index < -0.39 is 11.8 Å². The molecule has 2 aromatic rings. The van der Waals surface area contributed by atoms with Crippen molar-refractivity contribution in [3.05, 3.63) is 53.3 Å². The van der Waals surface area contributed by atoms with E-state index in [0.717, 1.165) is 62.6 Å². The molecule has 0 radical (unpaired) electrons. The van der Waals surface area contributed by atoms with Crippen LogP contribution in [-0.2, 0) is 17.8 Å². The summed E-state index contributed by atoms with van der Waals surface area (Å²) in [6, 6.07) is 11.9. The highest BCUT2D eigenvalue weighted by Gasteiger charge is 2.20. The van der Waals surface area contributed by atoms with Crippen molar-refractivity contribution in [1.82, 2.24) is 14.8 Å². The standard InChI is InChI=1S/C25H35N3O4/c1-19-8-6-9-21(26-19)18-28-13-7-12-27(14-15-28)17-20-10-11-22(23(16-20)30-5)31-24(29)32-25(2,3)4/h6,8-11,16H,7,12-15,17-18H2,1-5H3. The predicted octanol–water partition coefficient (Wildman–Crippen LogP) is 4.42. The van der Waals surface area contributed by atoms with Crippen LogP contribution in [0.15, 0.2) is 36.4 Å². The number of ether oxygens (including phenoxy) is 3. The second kappa shape index (κ2) is 10.8. The maximum absolute atomic E-state index is 12.0. The number of benzene rings is 1. The van der Waals surface area contributed by atoms with E-state index in [1.54, 1.807) is 33.9 Å². The summed E-state index contributed by atoms with van der Waals surface area (Å²) in [5.74, 6) is 0.883. The minimum absolute atomic E-state index is 0.359. The molecule has 0 saturated carbocycles. The molecule has 0 amide bonds. The molecule has 3 rings (SSSR count). The van der Waals surface area contributed by atoms with Gasteiger partial charge in [0.05, 0.1) is 12.8 Å². The number of carbonyl (C=O) groups excluding carboxylic acids is 1. The third-order valence-electron chi connectivity index (χ3n) is 5.23. The van der Waals surface area contributed by atoms with Crippen LogP contribution >= 0.6 is 0 Å². The van der Waals surface area contributed by atoms with E-state index in [9.17, 15) is 4.79 Å². The summed E-state index contributed by atoms with van der Waals surface area (Å²) in [4.78, 5) is 21.6. The lowest BCUT2D eigenvalue weighted by Crippen LogP contribution is -2.30. The average Bonchev–Trinajstić information content (AvgIpc) is 2.93. The normalized spacial score (nSPS) is 15.8. The largest absolute Gasteiger partial charge is 0.514 e. The molecule has 0 N–H and O–H groups in total. The molecule has 1 aliphatic heterocycles. The van der Waals surface area contributed by atoms with Crippen molar-refractivity contribution in [1.29, 1.82) is 0 Å². The molecule has 32 heavy (non-hydrogen) atoms. The van der Waals surface area contributed by atoms with Crippen LogP contribution in [0.3, 0.4) is 0 Å². The van der Waals surface area contributed by atoms with Gasteiger partial charge in [0.15, 0.2) is 11.5 Å². The molecule has 1 aliphatic rings. The van der Waals surface area contributed by atoms with Gasteiger partial charge in [-0.25, -0.2) is 4.79 Å². The Morgan fingerprint density at radius 1 is 1.00 bits per heavy atom. The van der Waals surface area contributed by atoms with Crippen LogP contribution in [0.1, 0.15) is 44.1 Å². The topological polar surface area (TPSA) is 64.1 Å². The maximum Gasteiger partial charge on any atom is 0.514 e. The number of nitrogens with zero attached hydrogens (tertiary/aromatic N) is 3. The van der Waals surface area contributed by atoms with Gasteiger partial charge >= 0.3 is 6.16 Å². The monoisotopic (exact) mass is 441 g/mol. The molecule has 0 bridgehead atoms. The molecule has 1 saturated heterocycles. The number of rotatable bonds is 6. The fourth-order valence-corrected chi connectivity index (χ4v) is 3.77. The minimum Gasteiger partial charge on any atom is -0.493 e. The number of methoxy groups -OCH3 is 1. The van der Waals surface area contributed by atoms with Gasteiger partial charge in [0, 0.05) is 31.9 Å². The highest BCUT2D eigenvalue weighted by atomic mass is 16.7. The first-order valence-electron chi connectivity index (χ1n) is 11.2. The zero-order chi connectivity index (χ0) is 23.1. The van der Waals surface area contributed by atoms with E-state index in [4.69, 9.17) is 14.2 Å². The Kier molecular flexibility index (Phi) is 8.10. The molecule has 1 aromatic heterocycles. The Bertz CT molecular complexity index is 910. The quantitative estimate of drug-likeness (QED) is 0.486. The molecular formula is C25H35N3O4. The van der Waals surface area contributed by atoms with E-state index in [0.29, 0.717) is 11.5 Å². The first-order chi connectivity index (χ1) is 15.2. The predicted molar refractivity (Wildman–Crippen MR) is 124 cm³/mol. The minimum atomic E-state index is -0.737. The second-order valence-corrected chi connectivity index (χ2v) is 9.23. The van der Waals surface area contributed by atoms with Crippen molar-refractivity contribution in [2.24, 2.45) is 0 Å². The van der Waals surface area contributed by atoms with Gasteiger partial charge in [0.25, 0.3) is 0 Å². The van der Waals surface area contributed by atoms with Crippen molar-refractivity contribution < 1.29 is 19.0 Å². The Morgan fingerprint density at radius 2 is 1.72 bits per heavy atom. The van der Waals surface area contributed by atoms with Crippen LogP contribution in [-0.4, -0.2) is 59.8 Å². The molecule has 1 aromatic carbocycles. The van der Waals surface area contributed by atoms with E-state index in [2.05, 4.69) is 26.9 Å². The van der Waals surface area contributed by atoms with Crippen LogP contribution in [0.4, 0.5) is 4.79 Å². The van der Waals surface area contributed by atoms with Gasteiger partial charge in [-0.3, -0.25) is 14.8 Å². The van der Waals surface area contributed by atoms with Crippen molar-refractivity contribution in [3.63, 3.8) is 0 Å². The number of pyridine rings is 1. The van der Waals surface area contributed by atoms with E-state index >= 15 is 0 Å². The molecule has 0 atom stereocenters. The van der Waals surface area contributed by atoms with Gasteiger partial charge in [-0.15, -0.1) is 0 Å². The fourth-order valence-electron chi connectivity index (χ4n) is 3.77. The fraction of sp³-hybridized carbons (Fsp3) is 0.520. The average molecular weight is 442 g/mol. The Balaban J connectivity index is 1.56. The molecule has 0 spiro atoms.